The molecule has 0 bridgehead atoms. The molecule has 0 spiro atoms. The summed E-state index contributed by atoms with van der Waals surface area (Å²) >= 11 is 0. The standard InChI is InChI=1S/C15H29N3O4/c1-6-7-8-12(10(2)19)18(5)13(21)9-17(4)15(22)14(16)11(3)20/h11-12,14,20H,6-9,16H2,1-5H3. The van der Waals surface area contributed by atoms with Gasteiger partial charge in [-0.05, 0) is 20.3 Å². The molecule has 0 saturated carbocycles. The van der Waals surface area contributed by atoms with Crippen molar-refractivity contribution in [2.24, 2.45) is 5.73 Å². The van der Waals surface area contributed by atoms with Crippen LogP contribution in [-0.2, 0) is 14.4 Å². The van der Waals surface area contributed by atoms with Gasteiger partial charge < -0.3 is 20.6 Å². The molecule has 7 heteroatoms. The van der Waals surface area contributed by atoms with Crippen molar-refractivity contribution >= 4 is 17.6 Å². The van der Waals surface area contributed by atoms with Crippen LogP contribution in [0.25, 0.3) is 0 Å². The summed E-state index contributed by atoms with van der Waals surface area (Å²) in [5.74, 6) is -0.909. The fourth-order valence-electron chi connectivity index (χ4n) is 2.09. The first kappa shape index (κ1) is 20.5. The second kappa shape index (κ2) is 9.53. The Morgan fingerprint density at radius 2 is 1.77 bits per heavy atom. The van der Waals surface area contributed by atoms with Crippen LogP contribution in [0.4, 0.5) is 0 Å². The van der Waals surface area contributed by atoms with Crippen LogP contribution in [0.2, 0.25) is 0 Å². The van der Waals surface area contributed by atoms with Gasteiger partial charge in [-0.2, -0.15) is 0 Å². The van der Waals surface area contributed by atoms with Crippen LogP contribution >= 0.6 is 0 Å². The van der Waals surface area contributed by atoms with E-state index >= 15 is 0 Å². The number of nitrogens with two attached hydrogens (primary N) is 1. The molecule has 0 aromatic carbocycles. The van der Waals surface area contributed by atoms with Gasteiger partial charge in [-0.15, -0.1) is 0 Å². The highest BCUT2D eigenvalue weighted by molar-refractivity contribution is 5.91. The third kappa shape index (κ3) is 6.11. The Bertz CT molecular complexity index is 398. The third-order valence-corrected chi connectivity index (χ3v) is 3.71. The number of hydrogen-bond donors (Lipinski definition) is 2. The van der Waals surface area contributed by atoms with Gasteiger partial charge in [-0.3, -0.25) is 14.4 Å². The molecule has 3 atom stereocenters. The Labute approximate surface area is 132 Å². The maximum absolute atomic E-state index is 12.2. The summed E-state index contributed by atoms with van der Waals surface area (Å²) < 4.78 is 0. The Hall–Kier alpha value is -1.47. The molecular formula is C15H29N3O4. The third-order valence-electron chi connectivity index (χ3n) is 3.71. The van der Waals surface area contributed by atoms with Crippen molar-refractivity contribution in [2.45, 2.75) is 58.2 Å². The predicted molar refractivity (Wildman–Crippen MR) is 84.1 cm³/mol. The van der Waals surface area contributed by atoms with Crippen molar-refractivity contribution in [1.29, 1.82) is 0 Å². The first-order valence-corrected chi connectivity index (χ1v) is 7.58. The van der Waals surface area contributed by atoms with E-state index in [1.807, 2.05) is 6.92 Å². The van der Waals surface area contributed by atoms with Crippen molar-refractivity contribution < 1.29 is 19.5 Å². The zero-order valence-corrected chi connectivity index (χ0v) is 14.2. The molecule has 0 heterocycles. The van der Waals surface area contributed by atoms with Gasteiger partial charge >= 0.3 is 0 Å². The summed E-state index contributed by atoms with van der Waals surface area (Å²) in [6.45, 7) is 4.72. The van der Waals surface area contributed by atoms with Crippen LogP contribution in [0.5, 0.6) is 0 Å². The van der Waals surface area contributed by atoms with E-state index in [2.05, 4.69) is 0 Å². The lowest BCUT2D eigenvalue weighted by Crippen LogP contribution is -2.52. The maximum Gasteiger partial charge on any atom is 0.242 e. The van der Waals surface area contributed by atoms with Crippen LogP contribution in [-0.4, -0.2) is 71.3 Å². The highest BCUT2D eigenvalue weighted by Crippen LogP contribution is 2.09. The molecule has 3 unspecified atom stereocenters. The molecule has 128 valence electrons. The Kier molecular flexibility index (Phi) is 8.89. The van der Waals surface area contributed by atoms with Gasteiger partial charge in [0.25, 0.3) is 0 Å². The van der Waals surface area contributed by atoms with E-state index in [0.29, 0.717) is 6.42 Å². The fraction of sp³-hybridized carbons (Fsp3) is 0.800. The molecule has 0 aliphatic carbocycles. The minimum absolute atomic E-state index is 0.0704. The molecule has 0 saturated heterocycles. The van der Waals surface area contributed by atoms with Crippen molar-refractivity contribution in [3.05, 3.63) is 0 Å². The summed E-state index contributed by atoms with van der Waals surface area (Å²) in [6, 6.07) is -1.53. The van der Waals surface area contributed by atoms with Crippen LogP contribution in [0, 0.1) is 0 Å². The Balaban J connectivity index is 4.74. The van der Waals surface area contributed by atoms with E-state index in [-0.39, 0.29) is 18.2 Å². The summed E-state index contributed by atoms with van der Waals surface area (Å²) in [5, 5.41) is 9.33. The molecule has 0 radical (unpaired) electrons. The van der Waals surface area contributed by atoms with Crippen LogP contribution < -0.4 is 5.73 Å². The Morgan fingerprint density at radius 1 is 1.23 bits per heavy atom. The average Bonchev–Trinajstić information content (AvgIpc) is 2.44. The number of aliphatic hydroxyl groups is 1. The fourth-order valence-corrected chi connectivity index (χ4v) is 2.09. The number of amides is 2. The van der Waals surface area contributed by atoms with Gasteiger partial charge in [0.05, 0.1) is 18.7 Å². The molecule has 0 aromatic heterocycles. The normalized spacial score (nSPS) is 14.9. The quantitative estimate of drug-likeness (QED) is 0.611. The number of Topliss-reactive ketones (excluding diaryl/α,β-unsaturated/α-hetero) is 1. The number of ketones is 1. The Morgan fingerprint density at radius 3 is 2.18 bits per heavy atom. The molecule has 0 rings (SSSR count). The number of carbonyl (C=O) groups is 3. The molecule has 7 nitrogen and oxygen atoms in total. The molecule has 0 fully saturated rings. The number of likely N-dealkylation sites (N-methyl/N-ethyl adjacent to an activating group) is 2. The molecular weight excluding hydrogens is 286 g/mol. The van der Waals surface area contributed by atoms with Gasteiger partial charge in [-0.1, -0.05) is 19.8 Å². The van der Waals surface area contributed by atoms with Gasteiger partial charge in [-0.25, -0.2) is 0 Å². The number of unbranched alkanes of at least 4 members (excludes halogenated alkanes) is 1. The SMILES string of the molecule is CCCCC(C(C)=O)N(C)C(=O)CN(C)C(=O)C(N)C(C)O. The van der Waals surface area contributed by atoms with Gasteiger partial charge in [0, 0.05) is 14.1 Å². The van der Waals surface area contributed by atoms with Crippen molar-refractivity contribution in [3.8, 4) is 0 Å². The van der Waals surface area contributed by atoms with Gasteiger partial charge in [0.2, 0.25) is 11.8 Å². The van der Waals surface area contributed by atoms with Gasteiger partial charge in [0.1, 0.15) is 6.04 Å². The second-order valence-electron chi connectivity index (χ2n) is 5.73. The van der Waals surface area contributed by atoms with Crippen LogP contribution in [0.1, 0.15) is 40.0 Å². The minimum atomic E-state index is -1.06. The van der Waals surface area contributed by atoms with Crippen molar-refractivity contribution in [2.75, 3.05) is 20.6 Å². The number of aliphatic hydroxyl groups excluding tert-OH is 1. The molecule has 0 aromatic rings. The maximum atomic E-state index is 12.2. The van der Waals surface area contributed by atoms with E-state index in [1.54, 1.807) is 7.05 Å². The van der Waals surface area contributed by atoms with Crippen LogP contribution in [0.3, 0.4) is 0 Å². The zero-order valence-electron chi connectivity index (χ0n) is 14.2. The van der Waals surface area contributed by atoms with E-state index in [1.165, 1.54) is 30.7 Å². The summed E-state index contributed by atoms with van der Waals surface area (Å²) in [5.41, 5.74) is 5.57. The molecule has 0 aliphatic heterocycles. The van der Waals surface area contributed by atoms with Crippen molar-refractivity contribution in [3.63, 3.8) is 0 Å². The molecule has 3 N–H and O–H groups in total. The smallest absolute Gasteiger partial charge is 0.242 e. The first-order valence-electron chi connectivity index (χ1n) is 7.58. The molecule has 22 heavy (non-hydrogen) atoms. The summed E-state index contributed by atoms with van der Waals surface area (Å²) in [7, 11) is 3.02. The highest BCUT2D eigenvalue weighted by Gasteiger charge is 2.27. The van der Waals surface area contributed by atoms with E-state index in [9.17, 15) is 19.5 Å². The number of nitrogens with zero attached hydrogens (tertiary/aromatic N) is 2. The molecule has 0 aliphatic rings. The lowest BCUT2D eigenvalue weighted by Gasteiger charge is -2.29. The topological polar surface area (TPSA) is 104 Å². The number of carbonyl (C=O) groups excluding carboxylic acids is 3. The predicted octanol–water partition coefficient (Wildman–Crippen LogP) is -0.241. The number of rotatable bonds is 9. The lowest BCUT2D eigenvalue weighted by atomic mass is 10.1. The first-order chi connectivity index (χ1) is 10.1. The van der Waals surface area contributed by atoms with Crippen molar-refractivity contribution in [1.82, 2.24) is 9.80 Å². The average molecular weight is 315 g/mol. The van der Waals surface area contributed by atoms with E-state index in [0.717, 1.165) is 12.8 Å². The number of hydrogen-bond acceptors (Lipinski definition) is 5. The minimum Gasteiger partial charge on any atom is -0.391 e. The van der Waals surface area contributed by atoms with E-state index in [4.69, 9.17) is 5.73 Å². The lowest BCUT2D eigenvalue weighted by molar-refractivity contribution is -0.143. The van der Waals surface area contributed by atoms with Crippen LogP contribution in [0.15, 0.2) is 0 Å². The zero-order chi connectivity index (χ0) is 17.4. The summed E-state index contributed by atoms with van der Waals surface area (Å²) in [6.07, 6.45) is 1.41. The van der Waals surface area contributed by atoms with Gasteiger partial charge in [0.15, 0.2) is 5.78 Å². The largest absolute Gasteiger partial charge is 0.391 e. The molecule has 2 amide bonds. The monoisotopic (exact) mass is 315 g/mol. The van der Waals surface area contributed by atoms with E-state index < -0.39 is 24.1 Å². The summed E-state index contributed by atoms with van der Waals surface area (Å²) in [4.78, 5) is 38.4. The highest BCUT2D eigenvalue weighted by atomic mass is 16.3. The second-order valence-corrected chi connectivity index (χ2v) is 5.73.